The molecule has 2 amide bonds. The molecule has 4 aromatic rings. The first kappa shape index (κ1) is 22.9. The number of hydrogen-bond acceptors (Lipinski definition) is 7. The van der Waals surface area contributed by atoms with Crippen molar-refractivity contribution in [3.05, 3.63) is 93.6 Å². The lowest BCUT2D eigenvalue weighted by Crippen LogP contribution is -2.34. The summed E-state index contributed by atoms with van der Waals surface area (Å²) >= 11 is 1.45. The second kappa shape index (κ2) is 10.6. The number of aryl methyl sites for hydroxylation is 1. The topological polar surface area (TPSA) is 106 Å². The molecule has 0 saturated carbocycles. The summed E-state index contributed by atoms with van der Waals surface area (Å²) in [7, 11) is 1.58. The van der Waals surface area contributed by atoms with Gasteiger partial charge in [0.05, 0.1) is 13.7 Å². The number of aromatic nitrogens is 2. The molecule has 8 nitrogen and oxygen atoms in total. The van der Waals surface area contributed by atoms with Crippen molar-refractivity contribution < 1.29 is 18.8 Å². The average molecular weight is 475 g/mol. The number of carbonyl (C=O) groups excluding carboxylic acids is 2. The van der Waals surface area contributed by atoms with E-state index in [0.29, 0.717) is 17.1 Å². The van der Waals surface area contributed by atoms with E-state index in [1.54, 1.807) is 31.4 Å². The Morgan fingerprint density at radius 2 is 1.97 bits per heavy atom. The molecule has 0 aliphatic carbocycles. The summed E-state index contributed by atoms with van der Waals surface area (Å²) in [5.74, 6) is 0.438. The van der Waals surface area contributed by atoms with E-state index in [1.165, 1.54) is 11.3 Å². The van der Waals surface area contributed by atoms with Crippen LogP contribution in [0, 0.1) is 6.92 Å². The second-order valence-electron chi connectivity index (χ2n) is 7.27. The van der Waals surface area contributed by atoms with Gasteiger partial charge in [-0.2, -0.15) is 4.98 Å². The predicted octanol–water partition coefficient (Wildman–Crippen LogP) is 4.20. The molecule has 9 heteroatoms. The molecule has 0 unspecified atom stereocenters. The summed E-state index contributed by atoms with van der Waals surface area (Å²) in [5, 5.41) is 11.3. The summed E-state index contributed by atoms with van der Waals surface area (Å²) in [6, 6.07) is 18.2. The largest absolute Gasteiger partial charge is 0.497 e. The number of rotatable bonds is 8. The Morgan fingerprint density at radius 1 is 1.12 bits per heavy atom. The molecule has 0 bridgehead atoms. The molecule has 0 spiro atoms. The van der Waals surface area contributed by atoms with E-state index >= 15 is 0 Å². The van der Waals surface area contributed by atoms with Gasteiger partial charge in [0.2, 0.25) is 11.7 Å². The van der Waals surface area contributed by atoms with Gasteiger partial charge in [0.15, 0.2) is 0 Å². The van der Waals surface area contributed by atoms with E-state index in [4.69, 9.17) is 9.26 Å². The number of ether oxygens (including phenoxy) is 1. The number of methoxy groups -OCH3 is 1. The SMILES string of the molecule is COc1cccc(-c2noc(CNC(=O)/C(=C/c3cccs3)NC(=O)c3ccccc3C)n2)c1. The number of benzene rings is 2. The molecule has 172 valence electrons. The van der Waals surface area contributed by atoms with E-state index < -0.39 is 5.91 Å². The van der Waals surface area contributed by atoms with Gasteiger partial charge < -0.3 is 19.9 Å². The Balaban J connectivity index is 1.47. The molecular formula is C25H22N4O4S. The summed E-state index contributed by atoms with van der Waals surface area (Å²) < 4.78 is 10.5. The summed E-state index contributed by atoms with van der Waals surface area (Å²) in [6.07, 6.45) is 1.63. The second-order valence-corrected chi connectivity index (χ2v) is 8.25. The molecule has 0 saturated heterocycles. The molecule has 2 aromatic carbocycles. The minimum Gasteiger partial charge on any atom is -0.497 e. The van der Waals surface area contributed by atoms with E-state index in [-0.39, 0.29) is 24.0 Å². The van der Waals surface area contributed by atoms with Crippen molar-refractivity contribution in [2.45, 2.75) is 13.5 Å². The van der Waals surface area contributed by atoms with Gasteiger partial charge in [0.25, 0.3) is 11.8 Å². The molecule has 2 aromatic heterocycles. The third-order valence-electron chi connectivity index (χ3n) is 4.91. The van der Waals surface area contributed by atoms with Crippen molar-refractivity contribution >= 4 is 29.2 Å². The van der Waals surface area contributed by atoms with Crippen LogP contribution in [0.1, 0.15) is 26.7 Å². The highest BCUT2D eigenvalue weighted by Gasteiger charge is 2.17. The standard InChI is InChI=1S/C25H22N4O4S/c1-16-7-3-4-11-20(16)24(30)27-21(14-19-10-6-12-34-19)25(31)26-15-22-28-23(29-33-22)17-8-5-9-18(13-17)32-2/h3-14H,15H2,1-2H3,(H,26,31)(H,27,30)/b21-14-. The van der Waals surface area contributed by atoms with Gasteiger partial charge in [-0.25, -0.2) is 0 Å². The van der Waals surface area contributed by atoms with Crippen molar-refractivity contribution in [2.24, 2.45) is 0 Å². The lowest BCUT2D eigenvalue weighted by Gasteiger charge is -2.11. The fraction of sp³-hybridized carbons (Fsp3) is 0.120. The van der Waals surface area contributed by atoms with Crippen LogP contribution in [-0.4, -0.2) is 29.1 Å². The van der Waals surface area contributed by atoms with E-state index in [9.17, 15) is 9.59 Å². The predicted molar refractivity (Wildman–Crippen MR) is 129 cm³/mol. The van der Waals surface area contributed by atoms with Crippen LogP contribution in [0.3, 0.4) is 0 Å². The Morgan fingerprint density at radius 3 is 2.74 bits per heavy atom. The van der Waals surface area contributed by atoms with Gasteiger partial charge in [-0.3, -0.25) is 9.59 Å². The highest BCUT2D eigenvalue weighted by molar-refractivity contribution is 7.10. The number of amides is 2. The fourth-order valence-corrected chi connectivity index (χ4v) is 3.81. The maximum Gasteiger partial charge on any atom is 0.268 e. The van der Waals surface area contributed by atoms with Gasteiger partial charge in [0.1, 0.15) is 11.4 Å². The van der Waals surface area contributed by atoms with Gasteiger partial charge in [-0.15, -0.1) is 11.3 Å². The molecule has 2 heterocycles. The van der Waals surface area contributed by atoms with Crippen LogP contribution in [-0.2, 0) is 11.3 Å². The molecular weight excluding hydrogens is 452 g/mol. The van der Waals surface area contributed by atoms with Crippen molar-refractivity contribution in [3.8, 4) is 17.1 Å². The monoisotopic (exact) mass is 474 g/mol. The van der Waals surface area contributed by atoms with Crippen molar-refractivity contribution in [1.29, 1.82) is 0 Å². The number of thiophene rings is 1. The minimum absolute atomic E-state index is 0.00217. The summed E-state index contributed by atoms with van der Waals surface area (Å²) in [6.45, 7) is 1.84. The third kappa shape index (κ3) is 5.57. The summed E-state index contributed by atoms with van der Waals surface area (Å²) in [4.78, 5) is 30.9. The highest BCUT2D eigenvalue weighted by atomic mass is 32.1. The first-order valence-electron chi connectivity index (χ1n) is 10.4. The number of hydrogen-bond donors (Lipinski definition) is 2. The quantitative estimate of drug-likeness (QED) is 0.371. The molecule has 2 N–H and O–H groups in total. The summed E-state index contributed by atoms with van der Waals surface area (Å²) in [5.41, 5.74) is 2.15. The van der Waals surface area contributed by atoms with Crippen LogP contribution in [0.15, 0.2) is 76.3 Å². The van der Waals surface area contributed by atoms with E-state index in [1.807, 2.05) is 54.8 Å². The Hall–Kier alpha value is -4.24. The van der Waals surface area contributed by atoms with Crippen molar-refractivity contribution in [2.75, 3.05) is 7.11 Å². The van der Waals surface area contributed by atoms with Gasteiger partial charge >= 0.3 is 0 Å². The molecule has 0 aliphatic rings. The van der Waals surface area contributed by atoms with Gasteiger partial charge in [0, 0.05) is 16.0 Å². The molecule has 0 atom stereocenters. The van der Waals surface area contributed by atoms with Crippen LogP contribution in [0.25, 0.3) is 17.5 Å². The molecule has 0 fully saturated rings. The number of nitrogens with zero attached hydrogens (tertiary/aromatic N) is 2. The highest BCUT2D eigenvalue weighted by Crippen LogP contribution is 2.21. The average Bonchev–Trinajstić information content (AvgIpc) is 3.55. The zero-order valence-electron chi connectivity index (χ0n) is 18.6. The maximum atomic E-state index is 13.0. The smallest absolute Gasteiger partial charge is 0.268 e. The van der Waals surface area contributed by atoms with E-state index in [0.717, 1.165) is 16.0 Å². The Labute approximate surface area is 200 Å². The molecule has 34 heavy (non-hydrogen) atoms. The van der Waals surface area contributed by atoms with Crippen molar-refractivity contribution in [1.82, 2.24) is 20.8 Å². The fourth-order valence-electron chi connectivity index (χ4n) is 3.15. The Kier molecular flexibility index (Phi) is 7.14. The van der Waals surface area contributed by atoms with Crippen LogP contribution >= 0.6 is 11.3 Å². The van der Waals surface area contributed by atoms with E-state index in [2.05, 4.69) is 20.8 Å². The zero-order chi connectivity index (χ0) is 23.9. The number of nitrogens with one attached hydrogen (secondary N) is 2. The third-order valence-corrected chi connectivity index (χ3v) is 5.73. The lowest BCUT2D eigenvalue weighted by molar-refractivity contribution is -0.118. The van der Waals surface area contributed by atoms with Gasteiger partial charge in [-0.05, 0) is 48.2 Å². The first-order chi connectivity index (χ1) is 16.5. The minimum atomic E-state index is -0.475. The Bertz CT molecular complexity index is 1330. The van der Waals surface area contributed by atoms with Crippen LogP contribution < -0.4 is 15.4 Å². The first-order valence-corrected chi connectivity index (χ1v) is 11.3. The molecule has 0 radical (unpaired) electrons. The van der Waals surface area contributed by atoms with Crippen LogP contribution in [0.2, 0.25) is 0 Å². The van der Waals surface area contributed by atoms with Crippen LogP contribution in [0.5, 0.6) is 5.75 Å². The number of carbonyl (C=O) groups is 2. The van der Waals surface area contributed by atoms with Gasteiger partial charge in [-0.1, -0.05) is 41.6 Å². The molecule has 0 aliphatic heterocycles. The maximum absolute atomic E-state index is 13.0. The molecule has 4 rings (SSSR count). The van der Waals surface area contributed by atoms with Crippen LogP contribution in [0.4, 0.5) is 0 Å². The van der Waals surface area contributed by atoms with Crippen molar-refractivity contribution in [3.63, 3.8) is 0 Å². The zero-order valence-corrected chi connectivity index (χ0v) is 19.4. The normalized spacial score (nSPS) is 11.2. The lowest BCUT2D eigenvalue weighted by atomic mass is 10.1.